The Morgan fingerprint density at radius 2 is 1.62 bits per heavy atom. The van der Waals surface area contributed by atoms with Crippen LogP contribution in [0.4, 0.5) is 0 Å². The standard InChI is InChI=1S/C16H16Cl3NO/c1-2-20-9-11-4-6-16(15(19)7-11)21-10-12-3-5-13(17)14(18)8-12/h3-8,20H,2,9-10H2,1H3. The molecule has 0 aliphatic heterocycles. The molecule has 0 saturated heterocycles. The molecule has 21 heavy (non-hydrogen) atoms. The summed E-state index contributed by atoms with van der Waals surface area (Å²) < 4.78 is 5.72. The van der Waals surface area contributed by atoms with Crippen molar-refractivity contribution in [2.45, 2.75) is 20.1 Å². The molecule has 2 aromatic rings. The van der Waals surface area contributed by atoms with Gasteiger partial charge in [-0.05, 0) is 41.9 Å². The molecule has 0 spiro atoms. The molecule has 0 bridgehead atoms. The topological polar surface area (TPSA) is 21.3 Å². The van der Waals surface area contributed by atoms with Crippen LogP contribution in [-0.2, 0) is 13.2 Å². The maximum atomic E-state index is 6.23. The van der Waals surface area contributed by atoms with Gasteiger partial charge >= 0.3 is 0 Å². The molecule has 0 aliphatic rings. The van der Waals surface area contributed by atoms with E-state index in [1.807, 2.05) is 24.3 Å². The predicted molar refractivity (Wildman–Crippen MR) is 89.6 cm³/mol. The maximum Gasteiger partial charge on any atom is 0.138 e. The fraction of sp³-hybridized carbons (Fsp3) is 0.250. The molecule has 0 aliphatic carbocycles. The molecule has 0 saturated carbocycles. The quantitative estimate of drug-likeness (QED) is 0.764. The monoisotopic (exact) mass is 343 g/mol. The van der Waals surface area contributed by atoms with Gasteiger partial charge in [0, 0.05) is 6.54 Å². The molecule has 2 aromatic carbocycles. The molecular weight excluding hydrogens is 329 g/mol. The predicted octanol–water partition coefficient (Wildman–Crippen LogP) is 5.34. The van der Waals surface area contributed by atoms with Crippen molar-refractivity contribution < 1.29 is 4.74 Å². The molecule has 0 amide bonds. The Morgan fingerprint density at radius 1 is 0.905 bits per heavy atom. The summed E-state index contributed by atoms with van der Waals surface area (Å²) in [4.78, 5) is 0. The van der Waals surface area contributed by atoms with E-state index in [1.54, 1.807) is 12.1 Å². The highest BCUT2D eigenvalue weighted by Gasteiger charge is 2.05. The van der Waals surface area contributed by atoms with Crippen molar-refractivity contribution >= 4 is 34.8 Å². The molecule has 2 nitrogen and oxygen atoms in total. The molecular formula is C16H16Cl3NO. The summed E-state index contributed by atoms with van der Waals surface area (Å²) in [6.07, 6.45) is 0. The number of hydrogen-bond acceptors (Lipinski definition) is 2. The third-order valence-electron chi connectivity index (χ3n) is 2.95. The maximum absolute atomic E-state index is 6.23. The van der Waals surface area contributed by atoms with Gasteiger partial charge in [-0.1, -0.05) is 53.9 Å². The first-order valence-electron chi connectivity index (χ1n) is 6.66. The Morgan fingerprint density at radius 3 is 2.29 bits per heavy atom. The van der Waals surface area contributed by atoms with Gasteiger partial charge in [-0.15, -0.1) is 0 Å². The minimum Gasteiger partial charge on any atom is -0.487 e. The highest BCUT2D eigenvalue weighted by molar-refractivity contribution is 6.42. The Bertz CT molecular complexity index is 616. The van der Waals surface area contributed by atoms with Gasteiger partial charge in [0.1, 0.15) is 12.4 Å². The Balaban J connectivity index is 2.01. The van der Waals surface area contributed by atoms with Gasteiger partial charge in [0.25, 0.3) is 0 Å². The molecule has 0 aromatic heterocycles. The van der Waals surface area contributed by atoms with Crippen LogP contribution in [0.15, 0.2) is 36.4 Å². The molecule has 0 atom stereocenters. The normalized spacial score (nSPS) is 10.7. The first-order valence-corrected chi connectivity index (χ1v) is 7.79. The molecule has 0 radical (unpaired) electrons. The lowest BCUT2D eigenvalue weighted by atomic mass is 10.2. The van der Waals surface area contributed by atoms with Gasteiger partial charge in [-0.2, -0.15) is 0 Å². The summed E-state index contributed by atoms with van der Waals surface area (Å²) in [7, 11) is 0. The SMILES string of the molecule is CCNCc1ccc(OCc2ccc(Cl)c(Cl)c2)c(Cl)c1. The second kappa shape index (κ2) is 7.90. The van der Waals surface area contributed by atoms with Crippen molar-refractivity contribution in [1.29, 1.82) is 0 Å². The molecule has 112 valence electrons. The number of rotatable bonds is 6. The fourth-order valence-corrected chi connectivity index (χ4v) is 2.41. The zero-order valence-corrected chi connectivity index (χ0v) is 13.9. The van der Waals surface area contributed by atoms with E-state index < -0.39 is 0 Å². The molecule has 5 heteroatoms. The number of nitrogens with one attached hydrogen (secondary N) is 1. The van der Waals surface area contributed by atoms with Crippen molar-refractivity contribution in [3.8, 4) is 5.75 Å². The average molecular weight is 345 g/mol. The minimum absolute atomic E-state index is 0.392. The van der Waals surface area contributed by atoms with E-state index in [-0.39, 0.29) is 0 Å². The van der Waals surface area contributed by atoms with E-state index in [2.05, 4.69) is 12.2 Å². The van der Waals surface area contributed by atoms with Crippen LogP contribution in [0, 0.1) is 0 Å². The van der Waals surface area contributed by atoms with Gasteiger partial charge in [0.2, 0.25) is 0 Å². The molecule has 0 heterocycles. The largest absolute Gasteiger partial charge is 0.487 e. The third kappa shape index (κ3) is 4.79. The summed E-state index contributed by atoms with van der Waals surface area (Å²) in [5.74, 6) is 0.656. The van der Waals surface area contributed by atoms with Crippen LogP contribution in [0.25, 0.3) is 0 Å². The smallest absolute Gasteiger partial charge is 0.138 e. The second-order valence-electron chi connectivity index (χ2n) is 4.58. The zero-order chi connectivity index (χ0) is 15.2. The summed E-state index contributed by atoms with van der Waals surface area (Å²) in [5, 5.41) is 4.91. The first kappa shape index (κ1) is 16.4. The van der Waals surface area contributed by atoms with Gasteiger partial charge < -0.3 is 10.1 Å². The van der Waals surface area contributed by atoms with E-state index in [9.17, 15) is 0 Å². The van der Waals surface area contributed by atoms with Crippen LogP contribution in [0.2, 0.25) is 15.1 Å². The summed E-state index contributed by atoms with van der Waals surface area (Å²) in [5.41, 5.74) is 2.07. The minimum atomic E-state index is 0.392. The number of benzene rings is 2. The van der Waals surface area contributed by atoms with Gasteiger partial charge in [-0.25, -0.2) is 0 Å². The Kier molecular flexibility index (Phi) is 6.19. The summed E-state index contributed by atoms with van der Waals surface area (Å²) >= 11 is 18.1. The number of hydrogen-bond donors (Lipinski definition) is 1. The lowest BCUT2D eigenvalue weighted by Crippen LogP contribution is -2.11. The van der Waals surface area contributed by atoms with E-state index in [1.165, 1.54) is 0 Å². The third-order valence-corrected chi connectivity index (χ3v) is 3.99. The molecule has 0 unspecified atom stereocenters. The van der Waals surface area contributed by atoms with E-state index >= 15 is 0 Å². The van der Waals surface area contributed by atoms with Crippen molar-refractivity contribution in [3.05, 3.63) is 62.6 Å². The summed E-state index contributed by atoms with van der Waals surface area (Å²) in [6, 6.07) is 11.2. The van der Waals surface area contributed by atoms with Crippen molar-refractivity contribution in [3.63, 3.8) is 0 Å². The van der Waals surface area contributed by atoms with Crippen molar-refractivity contribution in [2.24, 2.45) is 0 Å². The average Bonchev–Trinajstić information content (AvgIpc) is 2.47. The molecule has 0 fully saturated rings. The summed E-state index contributed by atoms with van der Waals surface area (Å²) in [6.45, 7) is 4.18. The van der Waals surface area contributed by atoms with Crippen LogP contribution < -0.4 is 10.1 Å². The van der Waals surface area contributed by atoms with E-state index in [4.69, 9.17) is 39.5 Å². The fourth-order valence-electron chi connectivity index (χ4n) is 1.83. The van der Waals surface area contributed by atoms with Crippen LogP contribution >= 0.6 is 34.8 Å². The zero-order valence-electron chi connectivity index (χ0n) is 11.6. The van der Waals surface area contributed by atoms with E-state index in [0.29, 0.717) is 27.4 Å². The van der Waals surface area contributed by atoms with Gasteiger partial charge in [0.15, 0.2) is 0 Å². The Hall–Kier alpha value is -0.930. The molecule has 1 N–H and O–H groups in total. The van der Waals surface area contributed by atoms with Crippen molar-refractivity contribution in [2.75, 3.05) is 6.54 Å². The number of halogens is 3. The number of ether oxygens (including phenoxy) is 1. The van der Waals surface area contributed by atoms with Crippen LogP contribution in [-0.4, -0.2) is 6.54 Å². The first-order chi connectivity index (χ1) is 10.1. The van der Waals surface area contributed by atoms with E-state index in [0.717, 1.165) is 24.2 Å². The van der Waals surface area contributed by atoms with Gasteiger partial charge in [0.05, 0.1) is 15.1 Å². The van der Waals surface area contributed by atoms with Crippen LogP contribution in [0.1, 0.15) is 18.1 Å². The highest BCUT2D eigenvalue weighted by atomic mass is 35.5. The van der Waals surface area contributed by atoms with Gasteiger partial charge in [-0.3, -0.25) is 0 Å². The van der Waals surface area contributed by atoms with Crippen LogP contribution in [0.3, 0.4) is 0 Å². The molecule has 2 rings (SSSR count). The van der Waals surface area contributed by atoms with Crippen molar-refractivity contribution in [1.82, 2.24) is 5.32 Å². The Labute approximate surface area is 140 Å². The second-order valence-corrected chi connectivity index (χ2v) is 5.80. The van der Waals surface area contributed by atoms with Crippen LogP contribution in [0.5, 0.6) is 5.75 Å². The lowest BCUT2D eigenvalue weighted by Gasteiger charge is -2.10. The lowest BCUT2D eigenvalue weighted by molar-refractivity contribution is 0.306. The highest BCUT2D eigenvalue weighted by Crippen LogP contribution is 2.27.